The first-order valence-corrected chi connectivity index (χ1v) is 5.77. The second kappa shape index (κ2) is 6.31. The number of aryl methyl sites for hydroxylation is 1. The molecular formula is C13H17NO5. The van der Waals surface area contributed by atoms with Crippen LogP contribution in [0, 0.1) is 6.92 Å². The van der Waals surface area contributed by atoms with Crippen molar-refractivity contribution in [2.24, 2.45) is 0 Å². The molecule has 0 aliphatic rings. The lowest BCUT2D eigenvalue weighted by molar-refractivity contribution is -0.119. The Hall–Kier alpha value is -1.92. The molecule has 6 nitrogen and oxygen atoms in total. The van der Waals surface area contributed by atoms with Crippen LogP contribution in [0.25, 0.3) is 0 Å². The van der Waals surface area contributed by atoms with Crippen molar-refractivity contribution in [3.8, 4) is 0 Å². The zero-order valence-electron chi connectivity index (χ0n) is 10.8. The van der Waals surface area contributed by atoms with Gasteiger partial charge in [0.05, 0.1) is 5.56 Å². The molecule has 1 aromatic rings. The molecule has 0 spiro atoms. The van der Waals surface area contributed by atoms with Gasteiger partial charge in [0.2, 0.25) is 5.91 Å². The van der Waals surface area contributed by atoms with Gasteiger partial charge in [-0.1, -0.05) is 17.7 Å². The number of aliphatic hydroxyl groups is 2. The molecule has 6 heteroatoms. The minimum absolute atomic E-state index is 0.0608. The Balaban J connectivity index is 2.95. The summed E-state index contributed by atoms with van der Waals surface area (Å²) in [4.78, 5) is 21.8. The lowest BCUT2D eigenvalue weighted by atomic mass is 9.97. The Morgan fingerprint density at radius 2 is 1.95 bits per heavy atom. The summed E-state index contributed by atoms with van der Waals surface area (Å²) in [5.41, 5.74) is 0.801. The molecule has 0 bridgehead atoms. The molecular weight excluding hydrogens is 250 g/mol. The number of hydrogen-bond donors (Lipinski definition) is 4. The summed E-state index contributed by atoms with van der Waals surface area (Å²) in [6, 6.07) is 4.53. The highest BCUT2D eigenvalue weighted by Crippen LogP contribution is 2.22. The number of hydrogen-bond acceptors (Lipinski definition) is 4. The van der Waals surface area contributed by atoms with Gasteiger partial charge >= 0.3 is 5.97 Å². The van der Waals surface area contributed by atoms with E-state index in [9.17, 15) is 19.8 Å². The lowest BCUT2D eigenvalue weighted by Crippen LogP contribution is -2.34. The Labute approximate surface area is 110 Å². The zero-order valence-corrected chi connectivity index (χ0v) is 10.8. The van der Waals surface area contributed by atoms with Gasteiger partial charge in [-0.3, -0.25) is 4.79 Å². The number of carboxylic acid groups (broad SMARTS) is 1. The Morgan fingerprint density at radius 1 is 1.32 bits per heavy atom. The number of rotatable bonds is 5. The number of benzene rings is 1. The van der Waals surface area contributed by atoms with Crippen LogP contribution in [0.15, 0.2) is 18.2 Å². The van der Waals surface area contributed by atoms with Gasteiger partial charge in [-0.25, -0.2) is 4.79 Å². The monoisotopic (exact) mass is 267 g/mol. The molecule has 19 heavy (non-hydrogen) atoms. The summed E-state index contributed by atoms with van der Waals surface area (Å²) in [6.07, 6.45) is -2.65. The summed E-state index contributed by atoms with van der Waals surface area (Å²) in [5, 5.41) is 31.1. The van der Waals surface area contributed by atoms with Crippen LogP contribution >= 0.6 is 0 Å². The maximum atomic E-state index is 11.1. The smallest absolute Gasteiger partial charge is 0.336 e. The van der Waals surface area contributed by atoms with Crippen LogP contribution in [0.1, 0.15) is 34.5 Å². The van der Waals surface area contributed by atoms with Crippen molar-refractivity contribution >= 4 is 11.9 Å². The van der Waals surface area contributed by atoms with E-state index in [1.807, 2.05) is 0 Å². The first-order valence-electron chi connectivity index (χ1n) is 5.77. The third-order valence-electron chi connectivity index (χ3n) is 2.68. The lowest BCUT2D eigenvalue weighted by Gasteiger charge is -2.20. The second-order valence-corrected chi connectivity index (χ2v) is 4.35. The van der Waals surface area contributed by atoms with E-state index in [0.717, 1.165) is 5.56 Å². The molecule has 0 aliphatic heterocycles. The Bertz CT molecular complexity index is 486. The van der Waals surface area contributed by atoms with Crippen LogP contribution < -0.4 is 5.32 Å². The fourth-order valence-corrected chi connectivity index (χ4v) is 1.68. The molecule has 0 aromatic heterocycles. The van der Waals surface area contributed by atoms with Gasteiger partial charge in [0.15, 0.2) is 0 Å². The van der Waals surface area contributed by atoms with Crippen molar-refractivity contribution in [2.75, 3.05) is 6.54 Å². The number of amides is 1. The highest BCUT2D eigenvalue weighted by molar-refractivity contribution is 5.89. The van der Waals surface area contributed by atoms with E-state index in [-0.39, 0.29) is 23.6 Å². The van der Waals surface area contributed by atoms with Crippen LogP contribution in [-0.4, -0.2) is 39.8 Å². The highest BCUT2D eigenvalue weighted by Gasteiger charge is 2.23. The van der Waals surface area contributed by atoms with E-state index < -0.39 is 18.2 Å². The first kappa shape index (κ1) is 15.1. The molecule has 4 N–H and O–H groups in total. The van der Waals surface area contributed by atoms with E-state index >= 15 is 0 Å². The van der Waals surface area contributed by atoms with Crippen molar-refractivity contribution in [1.82, 2.24) is 5.32 Å². The van der Waals surface area contributed by atoms with E-state index in [2.05, 4.69) is 5.32 Å². The summed E-state index contributed by atoms with van der Waals surface area (Å²) in [6.45, 7) is 2.87. The molecule has 2 atom stereocenters. The summed E-state index contributed by atoms with van der Waals surface area (Å²) >= 11 is 0. The van der Waals surface area contributed by atoms with Gasteiger partial charge < -0.3 is 20.6 Å². The van der Waals surface area contributed by atoms with Crippen LogP contribution in [-0.2, 0) is 4.79 Å². The van der Waals surface area contributed by atoms with Crippen LogP contribution in [0.5, 0.6) is 0 Å². The highest BCUT2D eigenvalue weighted by atomic mass is 16.4. The normalized spacial score (nSPS) is 13.7. The minimum atomic E-state index is -1.38. The maximum absolute atomic E-state index is 11.1. The topological polar surface area (TPSA) is 107 Å². The average Bonchev–Trinajstić information content (AvgIpc) is 2.34. The van der Waals surface area contributed by atoms with Crippen molar-refractivity contribution in [2.45, 2.75) is 26.1 Å². The molecule has 0 fully saturated rings. The molecule has 2 unspecified atom stereocenters. The number of carbonyl (C=O) groups is 2. The molecule has 0 radical (unpaired) electrons. The number of aliphatic hydroxyl groups excluding tert-OH is 2. The number of carbonyl (C=O) groups excluding carboxylic acids is 1. The van der Waals surface area contributed by atoms with Crippen LogP contribution in [0.3, 0.4) is 0 Å². The van der Waals surface area contributed by atoms with Gasteiger partial charge in [0.1, 0.15) is 12.2 Å². The molecule has 1 rings (SSSR count). The third kappa shape index (κ3) is 4.04. The van der Waals surface area contributed by atoms with Gasteiger partial charge in [-0.15, -0.1) is 0 Å². The number of nitrogens with one attached hydrogen (secondary N) is 1. The van der Waals surface area contributed by atoms with Crippen molar-refractivity contribution in [3.05, 3.63) is 34.9 Å². The van der Waals surface area contributed by atoms with E-state index in [4.69, 9.17) is 5.11 Å². The summed E-state index contributed by atoms with van der Waals surface area (Å²) in [5.74, 6) is -1.52. The Kier molecular flexibility index (Phi) is 5.02. The quantitative estimate of drug-likeness (QED) is 0.610. The minimum Gasteiger partial charge on any atom is -0.478 e. The average molecular weight is 267 g/mol. The van der Waals surface area contributed by atoms with Crippen LogP contribution in [0.2, 0.25) is 0 Å². The molecule has 1 amide bonds. The van der Waals surface area contributed by atoms with Crippen molar-refractivity contribution in [1.29, 1.82) is 0 Å². The largest absolute Gasteiger partial charge is 0.478 e. The van der Waals surface area contributed by atoms with Gasteiger partial charge in [-0.05, 0) is 18.6 Å². The van der Waals surface area contributed by atoms with E-state index in [1.165, 1.54) is 19.1 Å². The first-order chi connectivity index (χ1) is 8.82. The standard InChI is InChI=1S/C13H17NO5/c1-7-3-4-9(10(5-7)13(18)19)12(17)11(16)6-14-8(2)15/h3-5,11-12,16-17H,6H2,1-2H3,(H,14,15)(H,18,19). The third-order valence-corrected chi connectivity index (χ3v) is 2.68. The van der Waals surface area contributed by atoms with Gasteiger partial charge in [0, 0.05) is 13.5 Å². The van der Waals surface area contributed by atoms with Gasteiger partial charge in [0.25, 0.3) is 0 Å². The zero-order chi connectivity index (χ0) is 14.6. The van der Waals surface area contributed by atoms with Crippen molar-refractivity contribution < 1.29 is 24.9 Å². The molecule has 0 heterocycles. The summed E-state index contributed by atoms with van der Waals surface area (Å²) in [7, 11) is 0. The van der Waals surface area contributed by atoms with Gasteiger partial charge in [-0.2, -0.15) is 0 Å². The second-order valence-electron chi connectivity index (χ2n) is 4.35. The predicted octanol–water partition coefficient (Wildman–Crippen LogP) is 0.224. The summed E-state index contributed by atoms with van der Waals surface area (Å²) < 4.78 is 0. The number of carboxylic acids is 1. The SMILES string of the molecule is CC(=O)NCC(O)C(O)c1ccc(C)cc1C(=O)O. The fourth-order valence-electron chi connectivity index (χ4n) is 1.68. The molecule has 0 aliphatic carbocycles. The van der Waals surface area contributed by atoms with Crippen molar-refractivity contribution in [3.63, 3.8) is 0 Å². The Morgan fingerprint density at radius 3 is 2.47 bits per heavy atom. The molecule has 104 valence electrons. The molecule has 0 saturated carbocycles. The fraction of sp³-hybridized carbons (Fsp3) is 0.385. The predicted molar refractivity (Wildman–Crippen MR) is 67.8 cm³/mol. The maximum Gasteiger partial charge on any atom is 0.336 e. The van der Waals surface area contributed by atoms with Crippen LogP contribution in [0.4, 0.5) is 0 Å². The van der Waals surface area contributed by atoms with E-state index in [1.54, 1.807) is 13.0 Å². The molecule has 0 saturated heterocycles. The molecule has 1 aromatic carbocycles. The van der Waals surface area contributed by atoms with E-state index in [0.29, 0.717) is 0 Å². The number of aromatic carboxylic acids is 1.